The average molecular weight is 313 g/mol. The van der Waals surface area contributed by atoms with Gasteiger partial charge in [-0.25, -0.2) is 0 Å². The first-order chi connectivity index (χ1) is 10.1. The van der Waals surface area contributed by atoms with E-state index in [1.807, 2.05) is 18.2 Å². The van der Waals surface area contributed by atoms with Gasteiger partial charge in [0.15, 0.2) is 0 Å². The molecule has 0 aromatic heterocycles. The van der Waals surface area contributed by atoms with Gasteiger partial charge in [0.2, 0.25) is 0 Å². The van der Waals surface area contributed by atoms with Crippen LogP contribution in [0.2, 0.25) is 5.02 Å². The van der Waals surface area contributed by atoms with Crippen LogP contribution in [0.25, 0.3) is 0 Å². The molecule has 4 heteroatoms. The third kappa shape index (κ3) is 4.68. The predicted molar refractivity (Wildman–Crippen MR) is 90.6 cm³/mol. The molecule has 21 heavy (non-hydrogen) atoms. The standard InChI is InChI=1S/C17H29ClN2O/c1-4-13(5-2)20(11-12-21)17(16(19)6-3)14-9-7-8-10-15(14)18/h7-10,13,16-17,21H,4-6,11-12,19H2,1-3H3. The number of rotatable bonds is 9. The molecule has 0 saturated heterocycles. The summed E-state index contributed by atoms with van der Waals surface area (Å²) in [4.78, 5) is 2.33. The zero-order chi connectivity index (χ0) is 15.8. The van der Waals surface area contributed by atoms with Gasteiger partial charge in [-0.2, -0.15) is 0 Å². The quantitative estimate of drug-likeness (QED) is 0.732. The minimum absolute atomic E-state index is 0.00273. The normalized spacial score (nSPS) is 14.7. The minimum atomic E-state index is -0.00273. The van der Waals surface area contributed by atoms with Crippen LogP contribution in [0.3, 0.4) is 0 Å². The first kappa shape index (κ1) is 18.4. The van der Waals surface area contributed by atoms with Gasteiger partial charge in [0, 0.05) is 23.7 Å². The highest BCUT2D eigenvalue weighted by molar-refractivity contribution is 6.31. The molecule has 0 aliphatic heterocycles. The van der Waals surface area contributed by atoms with E-state index in [1.165, 1.54) is 0 Å². The Hall–Kier alpha value is -0.610. The monoisotopic (exact) mass is 312 g/mol. The van der Waals surface area contributed by atoms with Crippen molar-refractivity contribution in [3.8, 4) is 0 Å². The fraction of sp³-hybridized carbons (Fsp3) is 0.647. The average Bonchev–Trinajstić information content (AvgIpc) is 2.50. The second-order valence-corrected chi connectivity index (χ2v) is 5.88. The van der Waals surface area contributed by atoms with Crippen molar-refractivity contribution in [3.63, 3.8) is 0 Å². The van der Waals surface area contributed by atoms with Crippen molar-refractivity contribution in [2.45, 2.75) is 58.2 Å². The maximum absolute atomic E-state index is 9.48. The Kier molecular flexibility index (Phi) is 8.27. The van der Waals surface area contributed by atoms with Gasteiger partial charge >= 0.3 is 0 Å². The van der Waals surface area contributed by atoms with E-state index in [9.17, 15) is 5.11 Å². The molecule has 3 N–H and O–H groups in total. The molecule has 0 bridgehead atoms. The Morgan fingerprint density at radius 1 is 1.14 bits per heavy atom. The number of nitrogens with zero attached hydrogens (tertiary/aromatic N) is 1. The van der Waals surface area contributed by atoms with Gasteiger partial charge in [-0.15, -0.1) is 0 Å². The summed E-state index contributed by atoms with van der Waals surface area (Å²) in [6.07, 6.45) is 2.94. The molecular weight excluding hydrogens is 284 g/mol. The second kappa shape index (κ2) is 9.42. The van der Waals surface area contributed by atoms with Crippen LogP contribution in [0.1, 0.15) is 51.6 Å². The van der Waals surface area contributed by atoms with Crippen molar-refractivity contribution >= 4 is 11.6 Å². The van der Waals surface area contributed by atoms with Crippen LogP contribution >= 0.6 is 11.6 Å². The molecule has 0 radical (unpaired) electrons. The summed E-state index contributed by atoms with van der Waals surface area (Å²) >= 11 is 6.41. The maximum Gasteiger partial charge on any atom is 0.0558 e. The number of benzene rings is 1. The van der Waals surface area contributed by atoms with Crippen LogP contribution in [0, 0.1) is 0 Å². The number of aliphatic hydroxyl groups is 1. The van der Waals surface area contributed by atoms with E-state index < -0.39 is 0 Å². The van der Waals surface area contributed by atoms with Gasteiger partial charge in [0.1, 0.15) is 0 Å². The van der Waals surface area contributed by atoms with E-state index in [0.29, 0.717) is 12.6 Å². The first-order valence-electron chi connectivity index (χ1n) is 7.97. The topological polar surface area (TPSA) is 49.5 Å². The van der Waals surface area contributed by atoms with Crippen LogP contribution < -0.4 is 5.73 Å². The highest BCUT2D eigenvalue weighted by Crippen LogP contribution is 2.33. The summed E-state index contributed by atoms with van der Waals surface area (Å²) < 4.78 is 0. The molecular formula is C17H29ClN2O. The summed E-state index contributed by atoms with van der Waals surface area (Å²) in [5.74, 6) is 0. The summed E-state index contributed by atoms with van der Waals surface area (Å²) in [6, 6.07) is 8.34. The van der Waals surface area contributed by atoms with Crippen molar-refractivity contribution in [1.29, 1.82) is 0 Å². The fourth-order valence-corrected chi connectivity index (χ4v) is 3.26. The van der Waals surface area contributed by atoms with Gasteiger partial charge in [-0.05, 0) is 30.9 Å². The molecule has 1 aromatic carbocycles. The first-order valence-corrected chi connectivity index (χ1v) is 8.34. The molecule has 0 saturated carbocycles. The highest BCUT2D eigenvalue weighted by atomic mass is 35.5. The molecule has 1 aromatic rings. The summed E-state index contributed by atoms with van der Waals surface area (Å²) in [5.41, 5.74) is 7.48. The van der Waals surface area contributed by atoms with Gasteiger partial charge in [0.25, 0.3) is 0 Å². The Balaban J connectivity index is 3.23. The maximum atomic E-state index is 9.48. The number of hydrogen-bond acceptors (Lipinski definition) is 3. The number of aliphatic hydroxyl groups excluding tert-OH is 1. The second-order valence-electron chi connectivity index (χ2n) is 5.47. The van der Waals surface area contributed by atoms with Crippen molar-refractivity contribution in [3.05, 3.63) is 34.9 Å². The SMILES string of the molecule is CCC(N)C(c1ccccc1Cl)N(CCO)C(CC)CC. The molecule has 2 atom stereocenters. The van der Waals surface area contributed by atoms with Gasteiger partial charge in [-0.3, -0.25) is 4.90 Å². The van der Waals surface area contributed by atoms with Crippen molar-refractivity contribution in [1.82, 2.24) is 4.90 Å². The summed E-state index contributed by atoms with van der Waals surface area (Å²) in [6.45, 7) is 7.21. The predicted octanol–water partition coefficient (Wildman–Crippen LogP) is 3.60. The van der Waals surface area contributed by atoms with Crippen LogP contribution in [0.5, 0.6) is 0 Å². The highest BCUT2D eigenvalue weighted by Gasteiger charge is 2.30. The van der Waals surface area contributed by atoms with Crippen LogP contribution in [0.15, 0.2) is 24.3 Å². The molecule has 120 valence electrons. The molecule has 0 fully saturated rings. The smallest absolute Gasteiger partial charge is 0.0558 e. The fourth-order valence-electron chi connectivity index (χ4n) is 3.02. The van der Waals surface area contributed by atoms with Crippen molar-refractivity contribution in [2.24, 2.45) is 5.73 Å². The summed E-state index contributed by atoms with van der Waals surface area (Å²) in [5, 5.41) is 10.2. The van der Waals surface area contributed by atoms with E-state index in [0.717, 1.165) is 29.8 Å². The Morgan fingerprint density at radius 2 is 1.76 bits per heavy atom. The number of nitrogens with two attached hydrogens (primary N) is 1. The zero-order valence-corrected chi connectivity index (χ0v) is 14.2. The zero-order valence-electron chi connectivity index (χ0n) is 13.4. The third-order valence-electron chi connectivity index (χ3n) is 4.23. The van der Waals surface area contributed by atoms with E-state index in [4.69, 9.17) is 17.3 Å². The molecule has 0 aliphatic carbocycles. The number of halogens is 1. The lowest BCUT2D eigenvalue weighted by molar-refractivity contribution is 0.0814. The largest absolute Gasteiger partial charge is 0.395 e. The lowest BCUT2D eigenvalue weighted by atomic mass is 9.93. The van der Waals surface area contributed by atoms with Crippen LogP contribution in [0.4, 0.5) is 0 Å². The van der Waals surface area contributed by atoms with Crippen molar-refractivity contribution < 1.29 is 5.11 Å². The van der Waals surface area contributed by atoms with Crippen molar-refractivity contribution in [2.75, 3.05) is 13.2 Å². The summed E-state index contributed by atoms with van der Waals surface area (Å²) in [7, 11) is 0. The molecule has 0 spiro atoms. The minimum Gasteiger partial charge on any atom is -0.395 e. The molecule has 2 unspecified atom stereocenters. The molecule has 0 aliphatic rings. The van der Waals surface area contributed by atoms with E-state index >= 15 is 0 Å². The van der Waals surface area contributed by atoms with E-state index in [1.54, 1.807) is 0 Å². The third-order valence-corrected chi connectivity index (χ3v) is 4.57. The van der Waals surface area contributed by atoms with Crippen LogP contribution in [-0.2, 0) is 0 Å². The Bertz CT molecular complexity index is 410. The van der Waals surface area contributed by atoms with Gasteiger partial charge in [0.05, 0.1) is 12.6 Å². The van der Waals surface area contributed by atoms with E-state index in [-0.39, 0.29) is 18.7 Å². The molecule has 0 heterocycles. The molecule has 3 nitrogen and oxygen atoms in total. The number of hydrogen-bond donors (Lipinski definition) is 2. The molecule has 1 rings (SSSR count). The molecule has 0 amide bonds. The van der Waals surface area contributed by atoms with Crippen LogP contribution in [-0.4, -0.2) is 35.2 Å². The lowest BCUT2D eigenvalue weighted by Crippen LogP contribution is -2.47. The Morgan fingerprint density at radius 3 is 2.24 bits per heavy atom. The Labute approximate surface area is 134 Å². The van der Waals surface area contributed by atoms with Gasteiger partial charge < -0.3 is 10.8 Å². The lowest BCUT2D eigenvalue weighted by Gasteiger charge is -2.40. The van der Waals surface area contributed by atoms with Gasteiger partial charge in [-0.1, -0.05) is 50.6 Å². The van der Waals surface area contributed by atoms with E-state index in [2.05, 4.69) is 31.7 Å².